The highest BCUT2D eigenvalue weighted by Gasteiger charge is 2.24. The summed E-state index contributed by atoms with van der Waals surface area (Å²) >= 11 is 0. The number of hydrogen-bond donors (Lipinski definition) is 1. The van der Waals surface area contributed by atoms with E-state index in [4.69, 9.17) is 0 Å². The predicted molar refractivity (Wildman–Crippen MR) is 97.3 cm³/mol. The molecule has 0 bridgehead atoms. The molecule has 8 heteroatoms. The first-order chi connectivity index (χ1) is 12.5. The van der Waals surface area contributed by atoms with E-state index in [0.29, 0.717) is 19.5 Å². The molecule has 0 radical (unpaired) electrons. The summed E-state index contributed by atoms with van der Waals surface area (Å²) in [5.74, 6) is 1.36. The number of carbonyl (C=O) groups excluding carboxylic acids is 1. The van der Waals surface area contributed by atoms with Gasteiger partial charge in [-0.1, -0.05) is 0 Å². The van der Waals surface area contributed by atoms with Crippen molar-refractivity contribution in [2.75, 3.05) is 18.0 Å². The maximum Gasteiger partial charge on any atom is 0.240 e. The van der Waals surface area contributed by atoms with Crippen LogP contribution in [0.4, 0.5) is 5.69 Å². The number of nitrogens with one attached hydrogen (secondary N) is 1. The Balaban J connectivity index is 1.40. The maximum atomic E-state index is 12.6. The molecule has 2 aromatic rings. The maximum absolute atomic E-state index is 12.6. The van der Waals surface area contributed by atoms with E-state index in [1.807, 2.05) is 6.20 Å². The fourth-order valence-electron chi connectivity index (χ4n) is 3.63. The van der Waals surface area contributed by atoms with Crippen molar-refractivity contribution < 1.29 is 13.2 Å². The molecule has 1 aromatic carbocycles. The molecule has 0 unspecified atom stereocenters. The van der Waals surface area contributed by atoms with Gasteiger partial charge in [0, 0.05) is 50.6 Å². The van der Waals surface area contributed by atoms with Crippen LogP contribution in [-0.4, -0.2) is 37.0 Å². The molecular weight excluding hydrogens is 352 g/mol. The van der Waals surface area contributed by atoms with E-state index in [0.717, 1.165) is 37.3 Å². The van der Waals surface area contributed by atoms with Gasteiger partial charge in [-0.3, -0.25) is 4.79 Å². The number of amides is 1. The molecule has 0 saturated carbocycles. The topological polar surface area (TPSA) is 84.3 Å². The van der Waals surface area contributed by atoms with Crippen LogP contribution >= 0.6 is 0 Å². The Morgan fingerprint density at radius 1 is 1.19 bits per heavy atom. The fourth-order valence-corrected chi connectivity index (χ4v) is 4.74. The highest BCUT2D eigenvalue weighted by molar-refractivity contribution is 7.89. The van der Waals surface area contributed by atoms with Crippen LogP contribution in [0, 0.1) is 5.92 Å². The van der Waals surface area contributed by atoms with Gasteiger partial charge in [-0.15, -0.1) is 0 Å². The summed E-state index contributed by atoms with van der Waals surface area (Å²) < 4.78 is 29.9. The minimum Gasteiger partial charge on any atom is -0.335 e. The molecule has 0 spiro atoms. The van der Waals surface area contributed by atoms with E-state index < -0.39 is 10.0 Å². The van der Waals surface area contributed by atoms with Crippen LogP contribution in [0.1, 0.15) is 25.1 Å². The number of nitrogens with zero attached hydrogens (tertiary/aromatic N) is 3. The molecule has 1 atom stereocenters. The Morgan fingerprint density at radius 3 is 2.73 bits per heavy atom. The predicted octanol–water partition coefficient (Wildman–Crippen LogP) is 1.55. The first-order valence-electron chi connectivity index (χ1n) is 8.93. The van der Waals surface area contributed by atoms with Crippen molar-refractivity contribution in [1.29, 1.82) is 0 Å². The smallest absolute Gasteiger partial charge is 0.240 e. The van der Waals surface area contributed by atoms with E-state index in [1.54, 1.807) is 35.4 Å². The van der Waals surface area contributed by atoms with Crippen LogP contribution in [0.25, 0.3) is 0 Å². The molecule has 0 aliphatic carbocycles. The van der Waals surface area contributed by atoms with Gasteiger partial charge in [0.1, 0.15) is 5.82 Å². The number of hydrogen-bond acceptors (Lipinski definition) is 4. The van der Waals surface area contributed by atoms with Gasteiger partial charge in [0.15, 0.2) is 0 Å². The standard InChI is InChI=1S/C18H22N4O3S/c23-18-2-1-9-22(18)15-3-5-16(6-4-15)26(24,25)20-13-14-7-10-21-11-8-19-17(21)12-14/h3-6,8,11,14,20H,1-2,7,9-10,12-13H2/t14-/m0/s1. The minimum absolute atomic E-state index is 0.0920. The van der Waals surface area contributed by atoms with Crippen molar-refractivity contribution in [2.24, 2.45) is 5.92 Å². The van der Waals surface area contributed by atoms with Gasteiger partial charge < -0.3 is 9.47 Å². The molecule has 2 aliphatic rings. The zero-order chi connectivity index (χ0) is 18.1. The number of aryl methyl sites for hydroxylation is 1. The first-order valence-corrected chi connectivity index (χ1v) is 10.4. The normalized spacial score (nSPS) is 20.4. The van der Waals surface area contributed by atoms with E-state index >= 15 is 0 Å². The summed E-state index contributed by atoms with van der Waals surface area (Å²) in [6, 6.07) is 6.54. The Morgan fingerprint density at radius 2 is 2.00 bits per heavy atom. The van der Waals surface area contributed by atoms with Crippen molar-refractivity contribution in [1.82, 2.24) is 14.3 Å². The second kappa shape index (κ2) is 6.85. The third kappa shape index (κ3) is 3.39. The molecule has 4 rings (SSSR count). The molecule has 1 aromatic heterocycles. The van der Waals surface area contributed by atoms with Crippen LogP contribution in [0.5, 0.6) is 0 Å². The molecule has 1 fully saturated rings. The summed E-state index contributed by atoms with van der Waals surface area (Å²) in [5, 5.41) is 0. The van der Waals surface area contributed by atoms with Crippen molar-refractivity contribution in [2.45, 2.75) is 37.1 Å². The van der Waals surface area contributed by atoms with E-state index in [9.17, 15) is 13.2 Å². The zero-order valence-corrected chi connectivity index (χ0v) is 15.3. The van der Waals surface area contributed by atoms with Crippen molar-refractivity contribution >= 4 is 21.6 Å². The van der Waals surface area contributed by atoms with Gasteiger partial charge in [0.2, 0.25) is 15.9 Å². The fraction of sp³-hybridized carbons (Fsp3) is 0.444. The highest BCUT2D eigenvalue weighted by atomic mass is 32.2. The van der Waals surface area contributed by atoms with Gasteiger partial charge in [-0.25, -0.2) is 18.1 Å². The summed E-state index contributed by atoms with van der Waals surface area (Å²) in [6.07, 6.45) is 6.87. The molecule has 7 nitrogen and oxygen atoms in total. The van der Waals surface area contributed by atoms with Crippen LogP contribution in [0.15, 0.2) is 41.6 Å². The number of carbonyl (C=O) groups is 1. The largest absolute Gasteiger partial charge is 0.335 e. The molecule has 2 aliphatic heterocycles. The summed E-state index contributed by atoms with van der Waals surface area (Å²) in [6.45, 7) is 1.97. The van der Waals surface area contributed by atoms with E-state index in [-0.39, 0.29) is 16.7 Å². The molecular formula is C18H22N4O3S. The number of anilines is 1. The second-order valence-corrected chi connectivity index (χ2v) is 8.66. The van der Waals surface area contributed by atoms with Gasteiger partial charge in [0.05, 0.1) is 4.90 Å². The molecule has 3 heterocycles. The Bertz CT molecular complexity index is 905. The number of sulfonamides is 1. The van der Waals surface area contributed by atoms with E-state index in [1.165, 1.54) is 0 Å². The van der Waals surface area contributed by atoms with Crippen molar-refractivity contribution in [3.8, 4) is 0 Å². The summed E-state index contributed by atoms with van der Waals surface area (Å²) in [5.41, 5.74) is 0.755. The number of imidazole rings is 1. The lowest BCUT2D eigenvalue weighted by Crippen LogP contribution is -2.33. The van der Waals surface area contributed by atoms with Crippen molar-refractivity contribution in [3.63, 3.8) is 0 Å². The van der Waals surface area contributed by atoms with Crippen LogP contribution in [0.2, 0.25) is 0 Å². The van der Waals surface area contributed by atoms with Gasteiger partial charge in [-0.05, 0) is 43.0 Å². The molecule has 1 N–H and O–H groups in total. The van der Waals surface area contributed by atoms with Crippen LogP contribution in [-0.2, 0) is 27.8 Å². The average molecular weight is 374 g/mol. The Labute approximate surface area is 153 Å². The third-order valence-electron chi connectivity index (χ3n) is 5.15. The van der Waals surface area contributed by atoms with Gasteiger partial charge in [-0.2, -0.15) is 0 Å². The summed E-state index contributed by atoms with van der Waals surface area (Å²) in [7, 11) is -3.56. The third-order valence-corrected chi connectivity index (χ3v) is 6.58. The second-order valence-electron chi connectivity index (χ2n) is 6.89. The molecule has 1 saturated heterocycles. The van der Waals surface area contributed by atoms with Crippen molar-refractivity contribution in [3.05, 3.63) is 42.5 Å². The quantitative estimate of drug-likeness (QED) is 0.861. The lowest BCUT2D eigenvalue weighted by atomic mass is 9.98. The van der Waals surface area contributed by atoms with Gasteiger partial charge >= 0.3 is 0 Å². The van der Waals surface area contributed by atoms with E-state index in [2.05, 4.69) is 14.3 Å². The SMILES string of the molecule is O=C1CCCN1c1ccc(S(=O)(=O)NC[C@H]2CCn3ccnc3C2)cc1. The number of fused-ring (bicyclic) bond motifs is 1. The van der Waals surface area contributed by atoms with Crippen LogP contribution < -0.4 is 9.62 Å². The number of benzene rings is 1. The Hall–Kier alpha value is -2.19. The molecule has 26 heavy (non-hydrogen) atoms. The average Bonchev–Trinajstić information content (AvgIpc) is 3.28. The zero-order valence-electron chi connectivity index (χ0n) is 14.5. The summed E-state index contributed by atoms with van der Waals surface area (Å²) in [4.78, 5) is 18.0. The molecule has 138 valence electrons. The highest BCUT2D eigenvalue weighted by Crippen LogP contribution is 2.23. The first kappa shape index (κ1) is 17.2. The molecule has 1 amide bonds. The van der Waals surface area contributed by atoms with Crippen LogP contribution in [0.3, 0.4) is 0 Å². The monoisotopic (exact) mass is 374 g/mol. The minimum atomic E-state index is -3.56. The Kier molecular flexibility index (Phi) is 4.54. The lowest BCUT2D eigenvalue weighted by Gasteiger charge is -2.23. The van der Waals surface area contributed by atoms with Gasteiger partial charge in [0.25, 0.3) is 0 Å². The number of aromatic nitrogens is 2. The lowest BCUT2D eigenvalue weighted by molar-refractivity contribution is -0.117. The number of rotatable bonds is 5.